The molecule has 0 saturated heterocycles. The number of hydrogen-bond donors (Lipinski definition) is 0. The normalized spacial score (nSPS) is 12.8. The Kier molecular flexibility index (Phi) is 7.80. The molecule has 8 aromatic carbocycles. The fourth-order valence-electron chi connectivity index (χ4n) is 8.91. The largest absolute Gasteiger partial charge is 0.309 e. The molecule has 0 bridgehead atoms. The lowest BCUT2D eigenvalue weighted by Gasteiger charge is -2.22. The Labute approximate surface area is 337 Å². The molecule has 0 radical (unpaired) electrons. The molecule has 1 aliphatic rings. The molecular weight excluding hydrogens is 705 g/mol. The highest BCUT2D eigenvalue weighted by atomic mass is 15.0. The fourth-order valence-corrected chi connectivity index (χ4v) is 8.91. The molecule has 0 fully saturated rings. The van der Waals surface area contributed by atoms with Gasteiger partial charge in [-0.2, -0.15) is 0 Å². The molecule has 0 unspecified atom stereocenters. The van der Waals surface area contributed by atoms with Gasteiger partial charge in [-0.25, -0.2) is 15.0 Å². The predicted molar refractivity (Wildman–Crippen MR) is 239 cm³/mol. The summed E-state index contributed by atoms with van der Waals surface area (Å²) in [7, 11) is 0. The second-order valence-electron chi connectivity index (χ2n) is 15.7. The van der Waals surface area contributed by atoms with Crippen LogP contribution < -0.4 is 0 Å². The quantitative estimate of drug-likeness (QED) is 0.170. The van der Waals surface area contributed by atoms with E-state index in [1.807, 2.05) is 24.3 Å². The van der Waals surface area contributed by atoms with Crippen LogP contribution in [0, 0.1) is 0 Å². The van der Waals surface area contributed by atoms with E-state index in [1.54, 1.807) is 0 Å². The summed E-state index contributed by atoms with van der Waals surface area (Å²) in [4.78, 5) is 15.6. The molecule has 4 nitrogen and oxygen atoms in total. The minimum absolute atomic E-state index is 0.126. The minimum Gasteiger partial charge on any atom is -0.309 e. The first-order chi connectivity index (χ1) is 28.5. The molecule has 274 valence electrons. The van der Waals surface area contributed by atoms with Crippen LogP contribution in [-0.2, 0) is 5.41 Å². The van der Waals surface area contributed by atoms with Crippen LogP contribution in [0.5, 0.6) is 0 Å². The summed E-state index contributed by atoms with van der Waals surface area (Å²) in [5, 5.41) is 2.43. The lowest BCUT2D eigenvalue weighted by Crippen LogP contribution is -2.14. The van der Waals surface area contributed by atoms with Crippen molar-refractivity contribution in [2.45, 2.75) is 19.3 Å². The summed E-state index contributed by atoms with van der Waals surface area (Å²) in [6.07, 6.45) is 0. The zero-order valence-electron chi connectivity index (χ0n) is 32.3. The number of nitrogens with zero attached hydrogens (tertiary/aromatic N) is 4. The van der Waals surface area contributed by atoms with Crippen LogP contribution in [0.15, 0.2) is 194 Å². The molecule has 2 aromatic heterocycles. The maximum atomic E-state index is 5.26. The molecule has 10 aromatic rings. The molecule has 2 heterocycles. The topological polar surface area (TPSA) is 43.6 Å². The highest BCUT2D eigenvalue weighted by molar-refractivity contribution is 6.09. The van der Waals surface area contributed by atoms with Crippen molar-refractivity contribution in [3.8, 4) is 73.2 Å². The van der Waals surface area contributed by atoms with Crippen molar-refractivity contribution in [2.24, 2.45) is 0 Å². The third kappa shape index (κ3) is 5.56. The molecule has 0 spiro atoms. The van der Waals surface area contributed by atoms with Crippen LogP contribution in [-0.4, -0.2) is 19.5 Å². The van der Waals surface area contributed by atoms with E-state index in [4.69, 9.17) is 15.0 Å². The lowest BCUT2D eigenvalue weighted by molar-refractivity contribution is 0.660. The van der Waals surface area contributed by atoms with Gasteiger partial charge in [-0.1, -0.05) is 172 Å². The van der Waals surface area contributed by atoms with E-state index in [0.29, 0.717) is 17.5 Å². The Hall–Kier alpha value is -7.43. The van der Waals surface area contributed by atoms with Gasteiger partial charge in [0.25, 0.3) is 0 Å². The molecule has 0 N–H and O–H groups in total. The van der Waals surface area contributed by atoms with Gasteiger partial charge in [-0.05, 0) is 80.9 Å². The van der Waals surface area contributed by atoms with E-state index >= 15 is 0 Å². The third-order valence-corrected chi connectivity index (χ3v) is 11.8. The van der Waals surface area contributed by atoms with E-state index in [-0.39, 0.29) is 5.41 Å². The van der Waals surface area contributed by atoms with Crippen LogP contribution in [0.25, 0.3) is 95.0 Å². The van der Waals surface area contributed by atoms with Gasteiger partial charge in [-0.15, -0.1) is 0 Å². The van der Waals surface area contributed by atoms with Crippen LogP contribution in [0.4, 0.5) is 0 Å². The van der Waals surface area contributed by atoms with Crippen molar-refractivity contribution in [1.82, 2.24) is 19.5 Å². The first-order valence-corrected chi connectivity index (χ1v) is 19.9. The van der Waals surface area contributed by atoms with Crippen molar-refractivity contribution in [1.29, 1.82) is 0 Å². The lowest BCUT2D eigenvalue weighted by atomic mass is 9.81. The summed E-state index contributed by atoms with van der Waals surface area (Å²) in [5.41, 5.74) is 15.9. The zero-order chi connectivity index (χ0) is 38.8. The Morgan fingerprint density at radius 2 is 0.810 bits per heavy atom. The van der Waals surface area contributed by atoms with Gasteiger partial charge in [0.1, 0.15) is 0 Å². The number of aromatic nitrogens is 4. The van der Waals surface area contributed by atoms with Gasteiger partial charge >= 0.3 is 0 Å². The van der Waals surface area contributed by atoms with Crippen LogP contribution in [0.3, 0.4) is 0 Å². The number of benzene rings is 8. The third-order valence-electron chi connectivity index (χ3n) is 11.8. The second kappa shape index (κ2) is 13.4. The Morgan fingerprint density at radius 1 is 0.345 bits per heavy atom. The van der Waals surface area contributed by atoms with Crippen molar-refractivity contribution >= 4 is 21.8 Å². The zero-order valence-corrected chi connectivity index (χ0v) is 32.3. The summed E-state index contributed by atoms with van der Waals surface area (Å²) in [6, 6.07) is 69.1. The average molecular weight is 743 g/mol. The van der Waals surface area contributed by atoms with Gasteiger partial charge in [0.2, 0.25) is 0 Å². The Bertz CT molecular complexity index is 3130. The number of fused-ring (bicyclic) bond motifs is 6. The van der Waals surface area contributed by atoms with Crippen molar-refractivity contribution in [3.63, 3.8) is 0 Å². The van der Waals surface area contributed by atoms with E-state index in [9.17, 15) is 0 Å². The fraction of sp³-hybridized carbons (Fsp3) is 0.0556. The van der Waals surface area contributed by atoms with Crippen molar-refractivity contribution < 1.29 is 0 Å². The van der Waals surface area contributed by atoms with Crippen molar-refractivity contribution in [2.75, 3.05) is 0 Å². The monoisotopic (exact) mass is 742 g/mol. The van der Waals surface area contributed by atoms with E-state index in [0.717, 1.165) is 50.1 Å². The summed E-state index contributed by atoms with van der Waals surface area (Å²) in [6.45, 7) is 4.68. The van der Waals surface area contributed by atoms with Crippen LogP contribution in [0.2, 0.25) is 0 Å². The first-order valence-electron chi connectivity index (χ1n) is 19.9. The van der Waals surface area contributed by atoms with Gasteiger partial charge < -0.3 is 4.57 Å². The maximum Gasteiger partial charge on any atom is 0.164 e. The van der Waals surface area contributed by atoms with Gasteiger partial charge in [0, 0.05) is 38.6 Å². The van der Waals surface area contributed by atoms with Gasteiger partial charge in [0.15, 0.2) is 17.5 Å². The molecule has 0 saturated carbocycles. The SMILES string of the molecule is CC1(C)c2ccccc2-c2ccc(-c3cc(-c4nc(-c5ccccc5)nc(-c5ccc(-c6ccccc6)cc5)n4)cc(-n4c5ccccc5c5ccccc54)c3)cc21. The molecule has 11 rings (SSSR count). The van der Waals surface area contributed by atoms with Gasteiger partial charge in [0.05, 0.1) is 11.0 Å². The summed E-state index contributed by atoms with van der Waals surface area (Å²) < 4.78 is 2.38. The van der Waals surface area contributed by atoms with Crippen molar-refractivity contribution in [3.05, 3.63) is 205 Å². The minimum atomic E-state index is -0.126. The molecule has 4 heteroatoms. The smallest absolute Gasteiger partial charge is 0.164 e. The maximum absolute atomic E-state index is 5.26. The number of rotatable bonds is 6. The molecule has 0 aliphatic heterocycles. The highest BCUT2D eigenvalue weighted by Crippen LogP contribution is 2.50. The summed E-state index contributed by atoms with van der Waals surface area (Å²) >= 11 is 0. The highest BCUT2D eigenvalue weighted by Gasteiger charge is 2.35. The first kappa shape index (κ1) is 33.9. The molecule has 0 atom stereocenters. The average Bonchev–Trinajstić information content (AvgIpc) is 3.75. The molecule has 0 amide bonds. The molecule has 1 aliphatic carbocycles. The second-order valence-corrected chi connectivity index (χ2v) is 15.7. The van der Waals surface area contributed by atoms with E-state index < -0.39 is 0 Å². The Balaban J connectivity index is 1.14. The van der Waals surface area contributed by atoms with Crippen LogP contribution in [0.1, 0.15) is 25.0 Å². The molecule has 58 heavy (non-hydrogen) atoms. The van der Waals surface area contributed by atoms with E-state index in [1.165, 1.54) is 38.6 Å². The van der Waals surface area contributed by atoms with Crippen LogP contribution >= 0.6 is 0 Å². The molecular formula is C54H38N4. The number of hydrogen-bond acceptors (Lipinski definition) is 3. The van der Waals surface area contributed by atoms with E-state index in [2.05, 4.69) is 188 Å². The van der Waals surface area contributed by atoms with Gasteiger partial charge in [-0.3, -0.25) is 0 Å². The predicted octanol–water partition coefficient (Wildman–Crippen LogP) is 13.6. The summed E-state index contributed by atoms with van der Waals surface area (Å²) in [5.74, 6) is 1.88. The number of para-hydroxylation sites is 2. The Morgan fingerprint density at radius 3 is 1.48 bits per heavy atom. The standard InChI is InChI=1S/C54H38N4/c1-54(2)47-22-12-9-19-43(47)44-30-29-39(34-48(44)54)40-31-41(33-42(32-40)58-49-23-13-10-20-45(49)46-21-11-14-24-50(46)58)53-56-51(37-17-7-4-8-18-37)55-52(57-53)38-27-25-36(26-28-38)35-15-5-3-6-16-35/h3-34H,1-2H3.